The molecule has 0 N–H and O–H groups in total. The van der Waals surface area contributed by atoms with Gasteiger partial charge in [0.1, 0.15) is 0 Å². The van der Waals surface area contributed by atoms with Gasteiger partial charge in [-0.3, -0.25) is 0 Å². The Hall–Kier alpha value is -0.560. The maximum atomic E-state index is 5.49. The summed E-state index contributed by atoms with van der Waals surface area (Å²) < 4.78 is 5.49. The molecule has 0 radical (unpaired) electrons. The van der Waals surface area contributed by atoms with Gasteiger partial charge in [0.2, 0.25) is 0 Å². The van der Waals surface area contributed by atoms with Gasteiger partial charge in [0.05, 0.1) is 6.61 Å². The van der Waals surface area contributed by atoms with Crippen molar-refractivity contribution in [1.82, 2.24) is 0 Å². The molecule has 0 atom stereocenters. The molecule has 0 aromatic rings. The molecule has 0 amide bonds. The van der Waals surface area contributed by atoms with Gasteiger partial charge in [0.15, 0.2) is 0 Å². The minimum absolute atomic E-state index is 0.802. The van der Waals surface area contributed by atoms with Crippen molar-refractivity contribution in [1.29, 1.82) is 0 Å². The smallest absolute Gasteiger partial charge is 0.0713 e. The molecule has 0 heterocycles. The first-order valence-corrected chi connectivity index (χ1v) is 4.87. The second-order valence-electron chi connectivity index (χ2n) is 3.16. The van der Waals surface area contributed by atoms with Crippen LogP contribution in [0.15, 0.2) is 23.8 Å². The highest BCUT2D eigenvalue weighted by Gasteiger charge is 1.96. The Labute approximate surface area is 75.1 Å². The van der Waals surface area contributed by atoms with Crippen LogP contribution in [0.3, 0.4) is 0 Å². The lowest BCUT2D eigenvalue weighted by atomic mass is 10.1. The van der Waals surface area contributed by atoms with Crippen LogP contribution in [0.25, 0.3) is 0 Å². The van der Waals surface area contributed by atoms with Gasteiger partial charge in [-0.05, 0) is 24.8 Å². The topological polar surface area (TPSA) is 9.23 Å². The lowest BCUT2D eigenvalue weighted by Crippen LogP contribution is -1.99. The van der Waals surface area contributed by atoms with E-state index in [0.29, 0.717) is 0 Å². The van der Waals surface area contributed by atoms with E-state index in [0.717, 1.165) is 13.2 Å². The Balaban J connectivity index is 2.06. The summed E-state index contributed by atoms with van der Waals surface area (Å²) in [4.78, 5) is 0. The summed E-state index contributed by atoms with van der Waals surface area (Å²) in [5.74, 6) is 0. The van der Waals surface area contributed by atoms with Crippen molar-refractivity contribution in [3.05, 3.63) is 23.8 Å². The molecule has 0 aromatic carbocycles. The van der Waals surface area contributed by atoms with E-state index in [1.807, 2.05) is 0 Å². The molecule has 0 aromatic heterocycles. The predicted molar refractivity (Wildman–Crippen MR) is 52.2 cm³/mol. The molecule has 0 unspecified atom stereocenters. The van der Waals surface area contributed by atoms with Crippen molar-refractivity contribution in [2.24, 2.45) is 0 Å². The SMILES string of the molecule is CCCCOCC1=CCCC=C1. The minimum atomic E-state index is 0.802. The number of unbranched alkanes of at least 4 members (excludes halogenated alkanes) is 1. The number of allylic oxidation sites excluding steroid dienone is 2. The number of hydrogen-bond donors (Lipinski definition) is 0. The molecule has 68 valence electrons. The van der Waals surface area contributed by atoms with E-state index >= 15 is 0 Å². The second kappa shape index (κ2) is 6.01. The van der Waals surface area contributed by atoms with Crippen LogP contribution in [0.1, 0.15) is 32.6 Å². The monoisotopic (exact) mass is 166 g/mol. The minimum Gasteiger partial charge on any atom is -0.377 e. The number of rotatable bonds is 5. The molecule has 0 saturated carbocycles. The first-order valence-electron chi connectivity index (χ1n) is 4.87. The molecule has 0 fully saturated rings. The van der Waals surface area contributed by atoms with Crippen LogP contribution in [0.4, 0.5) is 0 Å². The molecule has 1 rings (SSSR count). The van der Waals surface area contributed by atoms with E-state index < -0.39 is 0 Å². The predicted octanol–water partition coefficient (Wildman–Crippen LogP) is 3.08. The molecule has 1 nitrogen and oxygen atoms in total. The van der Waals surface area contributed by atoms with Gasteiger partial charge >= 0.3 is 0 Å². The van der Waals surface area contributed by atoms with E-state index in [1.165, 1.54) is 31.3 Å². The summed E-state index contributed by atoms with van der Waals surface area (Å²) in [5, 5.41) is 0. The lowest BCUT2D eigenvalue weighted by molar-refractivity contribution is 0.154. The van der Waals surface area contributed by atoms with Crippen LogP contribution in [-0.2, 0) is 4.74 Å². The molecule has 0 spiro atoms. The van der Waals surface area contributed by atoms with Crippen LogP contribution < -0.4 is 0 Å². The van der Waals surface area contributed by atoms with Gasteiger partial charge in [0, 0.05) is 6.61 Å². The van der Waals surface area contributed by atoms with Crippen LogP contribution in [0.2, 0.25) is 0 Å². The van der Waals surface area contributed by atoms with E-state index in [-0.39, 0.29) is 0 Å². The zero-order valence-electron chi connectivity index (χ0n) is 7.88. The molecule has 0 bridgehead atoms. The maximum absolute atomic E-state index is 5.49. The first-order chi connectivity index (χ1) is 5.93. The van der Waals surface area contributed by atoms with Crippen molar-refractivity contribution in [3.8, 4) is 0 Å². The summed E-state index contributed by atoms with van der Waals surface area (Å²) in [7, 11) is 0. The quantitative estimate of drug-likeness (QED) is 0.570. The van der Waals surface area contributed by atoms with Crippen molar-refractivity contribution >= 4 is 0 Å². The van der Waals surface area contributed by atoms with Crippen LogP contribution in [-0.4, -0.2) is 13.2 Å². The molecular formula is C11H18O. The third-order valence-electron chi connectivity index (χ3n) is 1.98. The zero-order chi connectivity index (χ0) is 8.65. The number of hydrogen-bond acceptors (Lipinski definition) is 1. The van der Waals surface area contributed by atoms with E-state index in [1.54, 1.807) is 0 Å². The fourth-order valence-corrected chi connectivity index (χ4v) is 1.21. The lowest BCUT2D eigenvalue weighted by Gasteiger charge is -2.07. The van der Waals surface area contributed by atoms with Crippen molar-refractivity contribution < 1.29 is 4.74 Å². The van der Waals surface area contributed by atoms with Crippen molar-refractivity contribution in [3.63, 3.8) is 0 Å². The molecule has 1 aliphatic rings. The van der Waals surface area contributed by atoms with Gasteiger partial charge in [-0.25, -0.2) is 0 Å². The van der Waals surface area contributed by atoms with Crippen molar-refractivity contribution in [2.75, 3.05) is 13.2 Å². The summed E-state index contributed by atoms with van der Waals surface area (Å²) >= 11 is 0. The Morgan fingerprint density at radius 3 is 3.00 bits per heavy atom. The Morgan fingerprint density at radius 1 is 1.42 bits per heavy atom. The van der Waals surface area contributed by atoms with Crippen molar-refractivity contribution in [2.45, 2.75) is 32.6 Å². The third kappa shape index (κ3) is 3.72. The molecule has 1 aliphatic carbocycles. The van der Waals surface area contributed by atoms with Gasteiger partial charge < -0.3 is 4.74 Å². The first kappa shape index (κ1) is 9.53. The molecule has 0 aliphatic heterocycles. The average Bonchev–Trinajstić information content (AvgIpc) is 2.14. The summed E-state index contributed by atoms with van der Waals surface area (Å²) in [6.45, 7) is 3.89. The second-order valence-corrected chi connectivity index (χ2v) is 3.16. The fourth-order valence-electron chi connectivity index (χ4n) is 1.21. The maximum Gasteiger partial charge on any atom is 0.0713 e. The Kier molecular flexibility index (Phi) is 4.77. The zero-order valence-corrected chi connectivity index (χ0v) is 7.88. The van der Waals surface area contributed by atoms with Gasteiger partial charge in [0.25, 0.3) is 0 Å². The molecule has 1 heteroatoms. The highest BCUT2D eigenvalue weighted by atomic mass is 16.5. The Bertz CT molecular complexity index is 168. The highest BCUT2D eigenvalue weighted by molar-refractivity contribution is 5.22. The molecule has 0 saturated heterocycles. The average molecular weight is 166 g/mol. The summed E-state index contributed by atoms with van der Waals surface area (Å²) in [6.07, 6.45) is 11.4. The Morgan fingerprint density at radius 2 is 2.33 bits per heavy atom. The van der Waals surface area contributed by atoms with E-state index in [2.05, 4.69) is 25.2 Å². The van der Waals surface area contributed by atoms with Gasteiger partial charge in [-0.2, -0.15) is 0 Å². The highest BCUT2D eigenvalue weighted by Crippen LogP contribution is 2.09. The number of ether oxygens (including phenoxy) is 1. The summed E-state index contributed by atoms with van der Waals surface area (Å²) in [5.41, 5.74) is 1.34. The fraction of sp³-hybridized carbons (Fsp3) is 0.636. The van der Waals surface area contributed by atoms with E-state index in [4.69, 9.17) is 4.74 Å². The summed E-state index contributed by atoms with van der Waals surface area (Å²) in [6, 6.07) is 0. The largest absolute Gasteiger partial charge is 0.377 e. The molecule has 12 heavy (non-hydrogen) atoms. The van der Waals surface area contributed by atoms with Crippen LogP contribution in [0, 0.1) is 0 Å². The van der Waals surface area contributed by atoms with Crippen LogP contribution >= 0.6 is 0 Å². The van der Waals surface area contributed by atoms with Crippen LogP contribution in [0.5, 0.6) is 0 Å². The standard InChI is InChI=1S/C11H18O/c1-2-3-9-12-10-11-7-5-4-6-8-11/h5,7-8H,2-4,6,9-10H2,1H3. The third-order valence-corrected chi connectivity index (χ3v) is 1.98. The normalized spacial score (nSPS) is 16.2. The van der Waals surface area contributed by atoms with E-state index in [9.17, 15) is 0 Å². The van der Waals surface area contributed by atoms with Gasteiger partial charge in [-0.15, -0.1) is 0 Å². The van der Waals surface area contributed by atoms with Gasteiger partial charge in [-0.1, -0.05) is 31.6 Å². The molecular weight excluding hydrogens is 148 g/mol.